The number of hydrogen-bond donors (Lipinski definition) is 1. The Kier molecular flexibility index (Phi) is 2.83. The molecule has 2 aromatic heterocycles. The second-order valence-corrected chi connectivity index (χ2v) is 3.24. The van der Waals surface area contributed by atoms with Crippen molar-refractivity contribution in [2.45, 2.75) is 0 Å². The molecule has 0 aliphatic carbocycles. The van der Waals surface area contributed by atoms with Crippen molar-refractivity contribution in [3.63, 3.8) is 0 Å². The summed E-state index contributed by atoms with van der Waals surface area (Å²) in [4.78, 5) is 15.4. The summed E-state index contributed by atoms with van der Waals surface area (Å²) in [5.74, 6) is 0.302. The van der Waals surface area contributed by atoms with E-state index in [4.69, 9.17) is 5.26 Å². The molecule has 0 bridgehead atoms. The van der Waals surface area contributed by atoms with E-state index in [0.717, 1.165) is 0 Å². The van der Waals surface area contributed by atoms with Crippen molar-refractivity contribution in [2.75, 3.05) is 7.05 Å². The second kappa shape index (κ2) is 4.45. The molecule has 2 aromatic rings. The van der Waals surface area contributed by atoms with Gasteiger partial charge in [0.15, 0.2) is 11.5 Å². The largest absolute Gasteiger partial charge is 0.354 e. The lowest BCUT2D eigenvalue weighted by molar-refractivity contribution is 0.0957. The van der Waals surface area contributed by atoms with Crippen molar-refractivity contribution >= 4 is 5.91 Å². The van der Waals surface area contributed by atoms with Crippen LogP contribution >= 0.6 is 0 Å². The minimum absolute atomic E-state index is 0.252. The maximum Gasteiger partial charge on any atom is 0.271 e. The predicted molar refractivity (Wildman–Crippen MR) is 59.5 cm³/mol. The average Bonchev–Trinajstić information content (AvgIpc) is 2.87. The Morgan fingerprint density at radius 3 is 2.88 bits per heavy atom. The average molecular weight is 227 g/mol. The Hall–Kier alpha value is -2.68. The van der Waals surface area contributed by atoms with Gasteiger partial charge < -0.3 is 5.32 Å². The summed E-state index contributed by atoms with van der Waals surface area (Å²) in [7, 11) is 1.54. The standard InChI is InChI=1S/C11H9N5O/c1-13-11(17)9-4-5-16(15-9)10-3-2-8(6-12)7-14-10/h2-5,7H,1H3,(H,13,17). The molecule has 0 aliphatic heterocycles. The van der Waals surface area contributed by atoms with Crippen molar-refractivity contribution in [1.82, 2.24) is 20.1 Å². The van der Waals surface area contributed by atoms with Crippen LogP contribution in [0.2, 0.25) is 0 Å². The van der Waals surface area contributed by atoms with Gasteiger partial charge in [0.1, 0.15) is 6.07 Å². The molecule has 0 saturated heterocycles. The van der Waals surface area contributed by atoms with Gasteiger partial charge in [0, 0.05) is 19.4 Å². The van der Waals surface area contributed by atoms with Gasteiger partial charge in [0.05, 0.1) is 5.56 Å². The summed E-state index contributed by atoms with van der Waals surface area (Å²) in [6, 6.07) is 6.89. The molecule has 2 rings (SSSR count). The molecule has 0 saturated carbocycles. The van der Waals surface area contributed by atoms with E-state index in [9.17, 15) is 4.79 Å². The molecule has 1 amide bonds. The SMILES string of the molecule is CNC(=O)c1ccn(-c2ccc(C#N)cn2)n1. The third-order valence-electron chi connectivity index (χ3n) is 2.16. The van der Waals surface area contributed by atoms with E-state index in [-0.39, 0.29) is 5.91 Å². The second-order valence-electron chi connectivity index (χ2n) is 3.24. The summed E-state index contributed by atoms with van der Waals surface area (Å²) < 4.78 is 1.48. The highest BCUT2D eigenvalue weighted by Crippen LogP contribution is 2.05. The molecule has 84 valence electrons. The van der Waals surface area contributed by atoms with Crippen LogP contribution in [0.1, 0.15) is 16.1 Å². The number of amides is 1. The van der Waals surface area contributed by atoms with Crippen molar-refractivity contribution in [2.24, 2.45) is 0 Å². The molecule has 0 radical (unpaired) electrons. The van der Waals surface area contributed by atoms with Crippen LogP contribution in [0.3, 0.4) is 0 Å². The predicted octanol–water partition coefficient (Wildman–Crippen LogP) is 0.499. The van der Waals surface area contributed by atoms with Gasteiger partial charge in [-0.05, 0) is 18.2 Å². The smallest absolute Gasteiger partial charge is 0.271 e. The van der Waals surface area contributed by atoms with E-state index in [1.165, 1.54) is 10.9 Å². The van der Waals surface area contributed by atoms with Crippen molar-refractivity contribution < 1.29 is 4.79 Å². The van der Waals surface area contributed by atoms with Crippen LogP contribution < -0.4 is 5.32 Å². The molecule has 1 N–H and O–H groups in total. The zero-order valence-corrected chi connectivity index (χ0v) is 9.08. The van der Waals surface area contributed by atoms with Gasteiger partial charge in [-0.2, -0.15) is 10.4 Å². The fraction of sp³-hybridized carbons (Fsp3) is 0.0909. The Morgan fingerprint density at radius 2 is 2.29 bits per heavy atom. The summed E-state index contributed by atoms with van der Waals surface area (Å²) in [6.07, 6.45) is 3.09. The first-order chi connectivity index (χ1) is 8.24. The lowest BCUT2D eigenvalue weighted by atomic mass is 10.3. The zero-order chi connectivity index (χ0) is 12.3. The molecule has 17 heavy (non-hydrogen) atoms. The molecule has 6 heteroatoms. The number of nitriles is 1. The van der Waals surface area contributed by atoms with Gasteiger partial charge >= 0.3 is 0 Å². The van der Waals surface area contributed by atoms with E-state index in [0.29, 0.717) is 17.1 Å². The number of rotatable bonds is 2. The van der Waals surface area contributed by atoms with Crippen molar-refractivity contribution in [3.05, 3.63) is 41.9 Å². The quantitative estimate of drug-likeness (QED) is 0.809. The van der Waals surface area contributed by atoms with Gasteiger partial charge in [0.25, 0.3) is 5.91 Å². The molecule has 0 atom stereocenters. The molecular weight excluding hydrogens is 218 g/mol. The summed E-state index contributed by atoms with van der Waals surface area (Å²) in [6.45, 7) is 0. The number of nitrogens with one attached hydrogen (secondary N) is 1. The maximum atomic E-state index is 11.3. The minimum atomic E-state index is -0.252. The number of carbonyl (C=O) groups excluding carboxylic acids is 1. The number of nitrogens with zero attached hydrogens (tertiary/aromatic N) is 4. The number of pyridine rings is 1. The number of carbonyl (C=O) groups is 1. The Balaban J connectivity index is 2.31. The van der Waals surface area contributed by atoms with Gasteiger partial charge in [-0.3, -0.25) is 4.79 Å². The fourth-order valence-electron chi connectivity index (χ4n) is 1.29. The number of aromatic nitrogens is 3. The van der Waals surface area contributed by atoms with Gasteiger partial charge in [-0.15, -0.1) is 0 Å². The normalized spacial score (nSPS) is 9.65. The molecule has 2 heterocycles. The Bertz CT molecular complexity index is 579. The summed E-state index contributed by atoms with van der Waals surface area (Å²) in [5, 5.41) is 15.2. The van der Waals surface area contributed by atoms with Gasteiger partial charge in [-0.25, -0.2) is 9.67 Å². The molecular formula is C11H9N5O. The zero-order valence-electron chi connectivity index (χ0n) is 9.08. The fourth-order valence-corrected chi connectivity index (χ4v) is 1.29. The third kappa shape index (κ3) is 2.13. The van der Waals surface area contributed by atoms with Gasteiger partial charge in [-0.1, -0.05) is 0 Å². The van der Waals surface area contributed by atoms with E-state index in [1.54, 1.807) is 31.4 Å². The Labute approximate surface area is 97.5 Å². The maximum absolute atomic E-state index is 11.3. The van der Waals surface area contributed by atoms with Crippen LogP contribution in [0.15, 0.2) is 30.6 Å². The van der Waals surface area contributed by atoms with Crippen LogP contribution in [-0.4, -0.2) is 27.7 Å². The molecule has 6 nitrogen and oxygen atoms in total. The van der Waals surface area contributed by atoms with E-state index < -0.39 is 0 Å². The molecule has 0 aromatic carbocycles. The topological polar surface area (TPSA) is 83.6 Å². The van der Waals surface area contributed by atoms with Crippen molar-refractivity contribution in [1.29, 1.82) is 5.26 Å². The highest BCUT2D eigenvalue weighted by molar-refractivity contribution is 5.91. The van der Waals surface area contributed by atoms with Crippen LogP contribution in [0, 0.1) is 11.3 Å². The minimum Gasteiger partial charge on any atom is -0.354 e. The van der Waals surface area contributed by atoms with Crippen LogP contribution in [-0.2, 0) is 0 Å². The molecule has 0 fully saturated rings. The first-order valence-corrected chi connectivity index (χ1v) is 4.89. The van der Waals surface area contributed by atoms with Crippen molar-refractivity contribution in [3.8, 4) is 11.9 Å². The van der Waals surface area contributed by atoms with Crippen LogP contribution in [0.4, 0.5) is 0 Å². The molecule has 0 spiro atoms. The van der Waals surface area contributed by atoms with E-state index in [1.807, 2.05) is 6.07 Å². The lowest BCUT2D eigenvalue weighted by Gasteiger charge is -1.99. The summed E-state index contributed by atoms with van der Waals surface area (Å²) >= 11 is 0. The highest BCUT2D eigenvalue weighted by atomic mass is 16.1. The molecule has 0 unspecified atom stereocenters. The third-order valence-corrected chi connectivity index (χ3v) is 2.16. The summed E-state index contributed by atoms with van der Waals surface area (Å²) in [5.41, 5.74) is 0.797. The molecule has 0 aliphatic rings. The monoisotopic (exact) mass is 227 g/mol. The number of hydrogen-bond acceptors (Lipinski definition) is 4. The first kappa shape index (κ1) is 10.8. The van der Waals surface area contributed by atoms with E-state index >= 15 is 0 Å². The first-order valence-electron chi connectivity index (χ1n) is 4.89. The highest BCUT2D eigenvalue weighted by Gasteiger charge is 2.08. The van der Waals surface area contributed by atoms with Crippen LogP contribution in [0.5, 0.6) is 0 Å². The van der Waals surface area contributed by atoms with Gasteiger partial charge in [0.2, 0.25) is 0 Å². The lowest BCUT2D eigenvalue weighted by Crippen LogP contribution is -2.18. The van der Waals surface area contributed by atoms with Crippen LogP contribution in [0.25, 0.3) is 5.82 Å². The Morgan fingerprint density at radius 1 is 1.47 bits per heavy atom. The van der Waals surface area contributed by atoms with E-state index in [2.05, 4.69) is 15.4 Å².